The molecule has 0 radical (unpaired) electrons. The van der Waals surface area contributed by atoms with Crippen LogP contribution in [0.2, 0.25) is 0 Å². The molecule has 1 fully saturated rings. The van der Waals surface area contributed by atoms with E-state index < -0.39 is 5.92 Å². The van der Waals surface area contributed by atoms with E-state index in [0.717, 1.165) is 17.9 Å². The molecule has 1 heterocycles. The molecule has 0 aliphatic carbocycles. The van der Waals surface area contributed by atoms with Gasteiger partial charge in [0.15, 0.2) is 0 Å². The third-order valence-corrected chi connectivity index (χ3v) is 4.88. The normalized spacial score (nSPS) is 15.7. The maximum atomic E-state index is 12.8. The second kappa shape index (κ2) is 9.91. The largest absolute Gasteiger partial charge is 0.494 e. The highest BCUT2D eigenvalue weighted by atomic mass is 16.5. The number of carbonyl (C=O) groups is 3. The van der Waals surface area contributed by atoms with E-state index in [-0.39, 0.29) is 24.1 Å². The molecule has 2 aromatic rings. The first-order chi connectivity index (χ1) is 14.5. The Hall–Kier alpha value is -3.35. The van der Waals surface area contributed by atoms with Gasteiger partial charge in [-0.15, -0.1) is 0 Å². The van der Waals surface area contributed by atoms with Crippen LogP contribution in [0.3, 0.4) is 0 Å². The molecular formula is C23H27N3O4. The molecule has 7 heteroatoms. The molecule has 3 rings (SSSR count). The molecule has 1 atom stereocenters. The molecule has 1 aliphatic rings. The lowest BCUT2D eigenvalue weighted by Crippen LogP contribution is -2.29. The fourth-order valence-electron chi connectivity index (χ4n) is 3.36. The summed E-state index contributed by atoms with van der Waals surface area (Å²) in [6.45, 7) is 5.30. The number of rotatable bonds is 8. The first-order valence-electron chi connectivity index (χ1n) is 10.2. The predicted molar refractivity (Wildman–Crippen MR) is 116 cm³/mol. The lowest BCUT2D eigenvalue weighted by Gasteiger charge is -2.17. The van der Waals surface area contributed by atoms with E-state index in [9.17, 15) is 14.4 Å². The Kier molecular flexibility index (Phi) is 7.06. The van der Waals surface area contributed by atoms with Crippen LogP contribution in [0.1, 0.15) is 37.0 Å². The fourth-order valence-corrected chi connectivity index (χ4v) is 3.36. The van der Waals surface area contributed by atoms with Crippen molar-refractivity contribution in [3.8, 4) is 5.75 Å². The van der Waals surface area contributed by atoms with Crippen molar-refractivity contribution in [2.45, 2.75) is 26.7 Å². The maximum Gasteiger partial charge on any atom is 0.253 e. The van der Waals surface area contributed by atoms with E-state index in [1.165, 1.54) is 0 Å². The molecule has 7 nitrogen and oxygen atoms in total. The summed E-state index contributed by atoms with van der Waals surface area (Å²) in [5.74, 6) is -0.359. The van der Waals surface area contributed by atoms with E-state index in [1.807, 2.05) is 38.1 Å². The van der Waals surface area contributed by atoms with Crippen molar-refractivity contribution in [2.24, 2.45) is 5.92 Å². The second-order valence-electron chi connectivity index (χ2n) is 7.14. The number of hydrogen-bond acceptors (Lipinski definition) is 4. The number of carbonyl (C=O) groups excluding carboxylic acids is 3. The van der Waals surface area contributed by atoms with Gasteiger partial charge in [0.05, 0.1) is 23.8 Å². The van der Waals surface area contributed by atoms with Crippen LogP contribution >= 0.6 is 0 Å². The van der Waals surface area contributed by atoms with Gasteiger partial charge in [-0.1, -0.05) is 19.1 Å². The Morgan fingerprint density at radius 1 is 1.10 bits per heavy atom. The standard InChI is InChI=1S/C23H27N3O4/c1-3-13-30-18-11-9-17(10-12-18)26-15-16(14-21(26)27)22(28)25-20-8-6-5-7-19(20)23(29)24-4-2/h5-12,16H,3-4,13-15H2,1-2H3,(H,24,29)(H,25,28)/t16-/m0/s1. The number of amides is 3. The minimum Gasteiger partial charge on any atom is -0.494 e. The van der Waals surface area contributed by atoms with Crippen molar-refractivity contribution < 1.29 is 19.1 Å². The van der Waals surface area contributed by atoms with E-state index in [0.29, 0.717) is 30.9 Å². The number of anilines is 2. The Morgan fingerprint density at radius 3 is 2.53 bits per heavy atom. The quantitative estimate of drug-likeness (QED) is 0.701. The summed E-state index contributed by atoms with van der Waals surface area (Å²) < 4.78 is 5.57. The zero-order valence-electron chi connectivity index (χ0n) is 17.3. The zero-order valence-corrected chi connectivity index (χ0v) is 17.3. The van der Waals surface area contributed by atoms with Gasteiger partial charge in [0, 0.05) is 25.2 Å². The van der Waals surface area contributed by atoms with Crippen LogP contribution in [0.15, 0.2) is 48.5 Å². The molecule has 1 saturated heterocycles. The van der Waals surface area contributed by atoms with Gasteiger partial charge >= 0.3 is 0 Å². The highest BCUT2D eigenvalue weighted by Crippen LogP contribution is 2.28. The van der Waals surface area contributed by atoms with Crippen molar-refractivity contribution >= 4 is 29.1 Å². The van der Waals surface area contributed by atoms with Gasteiger partial charge in [-0.05, 0) is 49.7 Å². The molecule has 0 aromatic heterocycles. The Morgan fingerprint density at radius 2 is 1.83 bits per heavy atom. The average molecular weight is 409 g/mol. The number of para-hydroxylation sites is 1. The van der Waals surface area contributed by atoms with E-state index >= 15 is 0 Å². The van der Waals surface area contributed by atoms with Gasteiger partial charge in [-0.25, -0.2) is 0 Å². The summed E-state index contributed by atoms with van der Waals surface area (Å²) >= 11 is 0. The van der Waals surface area contributed by atoms with Crippen LogP contribution in [-0.2, 0) is 9.59 Å². The molecule has 0 unspecified atom stereocenters. The molecule has 0 spiro atoms. The molecule has 1 aliphatic heterocycles. The summed E-state index contributed by atoms with van der Waals surface area (Å²) in [4.78, 5) is 39.1. The van der Waals surface area contributed by atoms with Gasteiger partial charge in [-0.3, -0.25) is 14.4 Å². The van der Waals surface area contributed by atoms with Crippen LogP contribution in [0.25, 0.3) is 0 Å². The Labute approximate surface area is 176 Å². The summed E-state index contributed by atoms with van der Waals surface area (Å²) in [5.41, 5.74) is 1.58. The number of nitrogens with one attached hydrogen (secondary N) is 2. The molecule has 0 saturated carbocycles. The molecular weight excluding hydrogens is 382 g/mol. The lowest BCUT2D eigenvalue weighted by atomic mass is 10.1. The molecule has 3 amide bonds. The molecule has 2 N–H and O–H groups in total. The van der Waals surface area contributed by atoms with Crippen molar-refractivity contribution in [2.75, 3.05) is 29.9 Å². The second-order valence-corrected chi connectivity index (χ2v) is 7.14. The van der Waals surface area contributed by atoms with Crippen molar-refractivity contribution in [3.63, 3.8) is 0 Å². The molecule has 0 bridgehead atoms. The molecule has 2 aromatic carbocycles. The van der Waals surface area contributed by atoms with Crippen LogP contribution in [0.4, 0.5) is 11.4 Å². The van der Waals surface area contributed by atoms with Crippen LogP contribution in [0, 0.1) is 5.92 Å². The van der Waals surface area contributed by atoms with E-state index in [2.05, 4.69) is 10.6 Å². The van der Waals surface area contributed by atoms with Gasteiger partial charge in [0.2, 0.25) is 11.8 Å². The van der Waals surface area contributed by atoms with Crippen molar-refractivity contribution in [1.29, 1.82) is 0 Å². The minimum atomic E-state index is -0.490. The maximum absolute atomic E-state index is 12.8. The first-order valence-corrected chi connectivity index (χ1v) is 10.2. The monoisotopic (exact) mass is 409 g/mol. The van der Waals surface area contributed by atoms with Gasteiger partial charge in [0.1, 0.15) is 5.75 Å². The van der Waals surface area contributed by atoms with Gasteiger partial charge in [-0.2, -0.15) is 0 Å². The van der Waals surface area contributed by atoms with Crippen LogP contribution in [0.5, 0.6) is 5.75 Å². The first kappa shape index (κ1) is 21.4. The predicted octanol–water partition coefficient (Wildman–Crippen LogP) is 3.22. The lowest BCUT2D eigenvalue weighted by molar-refractivity contribution is -0.122. The smallest absolute Gasteiger partial charge is 0.253 e. The highest BCUT2D eigenvalue weighted by Gasteiger charge is 2.35. The van der Waals surface area contributed by atoms with E-state index in [4.69, 9.17) is 4.74 Å². The summed E-state index contributed by atoms with van der Waals surface area (Å²) in [6, 6.07) is 14.2. The SMILES string of the molecule is CCCOc1ccc(N2C[C@@H](C(=O)Nc3ccccc3C(=O)NCC)CC2=O)cc1. The van der Waals surface area contributed by atoms with Crippen LogP contribution < -0.4 is 20.3 Å². The Balaban J connectivity index is 1.67. The Bertz CT molecular complexity index is 911. The van der Waals surface area contributed by atoms with Crippen molar-refractivity contribution in [1.82, 2.24) is 5.32 Å². The number of nitrogens with zero attached hydrogens (tertiary/aromatic N) is 1. The summed E-state index contributed by atoms with van der Waals surface area (Å²) in [7, 11) is 0. The van der Waals surface area contributed by atoms with E-state index in [1.54, 1.807) is 29.2 Å². The number of ether oxygens (including phenoxy) is 1. The average Bonchev–Trinajstić information content (AvgIpc) is 3.15. The van der Waals surface area contributed by atoms with Gasteiger partial charge < -0.3 is 20.3 Å². The summed E-state index contributed by atoms with van der Waals surface area (Å²) in [5, 5.41) is 5.55. The molecule has 158 valence electrons. The topological polar surface area (TPSA) is 87.7 Å². The zero-order chi connectivity index (χ0) is 21.5. The number of hydrogen-bond donors (Lipinski definition) is 2. The third kappa shape index (κ3) is 4.97. The fraction of sp³-hybridized carbons (Fsp3) is 0.348. The minimum absolute atomic E-state index is 0.102. The molecule has 30 heavy (non-hydrogen) atoms. The highest BCUT2D eigenvalue weighted by molar-refractivity contribution is 6.07. The van der Waals surface area contributed by atoms with Crippen LogP contribution in [-0.4, -0.2) is 37.4 Å². The van der Waals surface area contributed by atoms with Crippen molar-refractivity contribution in [3.05, 3.63) is 54.1 Å². The summed E-state index contributed by atoms with van der Waals surface area (Å²) in [6.07, 6.45) is 1.05. The van der Waals surface area contributed by atoms with Gasteiger partial charge in [0.25, 0.3) is 5.91 Å². The number of benzene rings is 2. The third-order valence-electron chi connectivity index (χ3n) is 4.88.